The van der Waals surface area contributed by atoms with Crippen molar-refractivity contribution in [3.8, 4) is 0 Å². The first-order chi connectivity index (χ1) is 14.6. The summed E-state index contributed by atoms with van der Waals surface area (Å²) in [6, 6.07) is 12.6. The lowest BCUT2D eigenvalue weighted by molar-refractivity contribution is 0.102. The maximum absolute atomic E-state index is 12.4. The van der Waals surface area contributed by atoms with Crippen LogP contribution in [0.3, 0.4) is 0 Å². The molecule has 0 saturated heterocycles. The molecule has 3 rings (SSSR count). The standard InChI is InChI=1S/C19H19N5O5S2/c1-24(2)31(28,29)17-8-4-14(5-9-17)18(25)22-15-6-10-16(11-7-15)30(26,27)23-19-20-12-3-13-21-19/h3-13H,1-2H3,(H,22,25)(H,20,21,23). The summed E-state index contributed by atoms with van der Waals surface area (Å²) in [5.41, 5.74) is 0.613. The van der Waals surface area contributed by atoms with Crippen LogP contribution in [-0.4, -0.2) is 51.1 Å². The molecule has 0 unspecified atom stereocenters. The van der Waals surface area contributed by atoms with E-state index in [-0.39, 0.29) is 21.3 Å². The van der Waals surface area contributed by atoms with E-state index in [4.69, 9.17) is 0 Å². The second-order valence-electron chi connectivity index (χ2n) is 6.47. The van der Waals surface area contributed by atoms with Gasteiger partial charge in [-0.2, -0.15) is 0 Å². The quantitative estimate of drug-likeness (QED) is 0.547. The molecule has 3 aromatic rings. The van der Waals surface area contributed by atoms with Gasteiger partial charge in [-0.25, -0.2) is 35.8 Å². The average molecular weight is 462 g/mol. The Morgan fingerprint density at radius 2 is 1.39 bits per heavy atom. The number of nitrogens with zero attached hydrogens (tertiary/aromatic N) is 3. The van der Waals surface area contributed by atoms with Gasteiger partial charge in [0.15, 0.2) is 0 Å². The zero-order valence-electron chi connectivity index (χ0n) is 16.6. The third kappa shape index (κ3) is 5.23. The first kappa shape index (κ1) is 22.3. The zero-order valence-corrected chi connectivity index (χ0v) is 18.2. The van der Waals surface area contributed by atoms with Crippen LogP contribution in [0.2, 0.25) is 0 Å². The number of carbonyl (C=O) groups is 1. The Hall–Kier alpha value is -3.35. The predicted molar refractivity (Wildman–Crippen MR) is 115 cm³/mol. The Morgan fingerprint density at radius 3 is 1.94 bits per heavy atom. The van der Waals surface area contributed by atoms with Crippen LogP contribution in [0.4, 0.5) is 11.6 Å². The lowest BCUT2D eigenvalue weighted by Crippen LogP contribution is -2.22. The van der Waals surface area contributed by atoms with Gasteiger partial charge < -0.3 is 5.32 Å². The van der Waals surface area contributed by atoms with Crippen LogP contribution in [0.15, 0.2) is 76.8 Å². The van der Waals surface area contributed by atoms with Gasteiger partial charge in [0.05, 0.1) is 9.79 Å². The maximum Gasteiger partial charge on any atom is 0.264 e. The zero-order chi connectivity index (χ0) is 22.6. The Bertz CT molecular complexity index is 1280. The van der Waals surface area contributed by atoms with E-state index in [0.29, 0.717) is 5.69 Å². The van der Waals surface area contributed by atoms with Crippen molar-refractivity contribution in [1.29, 1.82) is 0 Å². The molecule has 0 aliphatic carbocycles. The third-order valence-electron chi connectivity index (χ3n) is 4.11. The molecule has 31 heavy (non-hydrogen) atoms. The van der Waals surface area contributed by atoms with Gasteiger partial charge in [-0.3, -0.25) is 4.79 Å². The third-order valence-corrected chi connectivity index (χ3v) is 7.28. The van der Waals surface area contributed by atoms with Crippen LogP contribution in [0.1, 0.15) is 10.4 Å². The van der Waals surface area contributed by atoms with Gasteiger partial charge in [0.25, 0.3) is 15.9 Å². The summed E-state index contributed by atoms with van der Waals surface area (Å²) >= 11 is 0. The topological polar surface area (TPSA) is 138 Å². The molecule has 0 fully saturated rings. The second kappa shape index (κ2) is 8.79. The summed E-state index contributed by atoms with van der Waals surface area (Å²) < 4.78 is 52.3. The second-order valence-corrected chi connectivity index (χ2v) is 10.3. The molecular formula is C19H19N5O5S2. The van der Waals surface area contributed by atoms with Gasteiger partial charge in [0.2, 0.25) is 16.0 Å². The van der Waals surface area contributed by atoms with Gasteiger partial charge >= 0.3 is 0 Å². The summed E-state index contributed by atoms with van der Waals surface area (Å²) in [6.45, 7) is 0. The Labute approximate surface area is 180 Å². The number of amides is 1. The summed E-state index contributed by atoms with van der Waals surface area (Å²) in [5.74, 6) is -0.528. The Balaban J connectivity index is 1.70. The fourth-order valence-corrected chi connectivity index (χ4v) is 4.30. The number of rotatable bonds is 7. The van der Waals surface area contributed by atoms with E-state index < -0.39 is 26.0 Å². The normalized spacial score (nSPS) is 11.8. The van der Waals surface area contributed by atoms with Crippen LogP contribution in [0.25, 0.3) is 0 Å². The lowest BCUT2D eigenvalue weighted by Gasteiger charge is -2.12. The van der Waals surface area contributed by atoms with Crippen molar-refractivity contribution in [1.82, 2.24) is 14.3 Å². The first-order valence-corrected chi connectivity index (χ1v) is 11.8. The minimum absolute atomic E-state index is 0.0313. The predicted octanol–water partition coefficient (Wildman–Crippen LogP) is 1.78. The molecule has 0 bridgehead atoms. The number of benzene rings is 2. The minimum Gasteiger partial charge on any atom is -0.322 e. The molecule has 0 saturated carbocycles. The summed E-state index contributed by atoms with van der Waals surface area (Å²) in [4.78, 5) is 20.1. The van der Waals surface area contributed by atoms with Crippen molar-refractivity contribution in [3.05, 3.63) is 72.6 Å². The average Bonchev–Trinajstić information content (AvgIpc) is 2.74. The summed E-state index contributed by atoms with van der Waals surface area (Å²) in [5, 5.41) is 2.63. The number of anilines is 2. The number of nitrogens with one attached hydrogen (secondary N) is 2. The summed E-state index contributed by atoms with van der Waals surface area (Å²) in [6.07, 6.45) is 2.82. The molecule has 0 atom stereocenters. The van der Waals surface area contributed by atoms with E-state index in [1.54, 1.807) is 6.07 Å². The number of hydrogen-bond acceptors (Lipinski definition) is 7. The van der Waals surface area contributed by atoms with Crippen molar-refractivity contribution in [2.45, 2.75) is 9.79 Å². The number of carbonyl (C=O) groups excluding carboxylic acids is 1. The monoisotopic (exact) mass is 461 g/mol. The van der Waals surface area contributed by atoms with Gasteiger partial charge in [0, 0.05) is 37.7 Å². The molecule has 2 aromatic carbocycles. The fraction of sp³-hybridized carbons (Fsp3) is 0.105. The van der Waals surface area contributed by atoms with E-state index in [9.17, 15) is 21.6 Å². The van der Waals surface area contributed by atoms with E-state index in [0.717, 1.165) is 4.31 Å². The first-order valence-electron chi connectivity index (χ1n) is 8.83. The van der Waals surface area contributed by atoms with Gasteiger partial charge in [-0.1, -0.05) is 0 Å². The Morgan fingerprint density at radius 1 is 0.839 bits per heavy atom. The molecule has 1 heterocycles. The van der Waals surface area contributed by atoms with Crippen molar-refractivity contribution in [2.24, 2.45) is 0 Å². The molecule has 10 nitrogen and oxygen atoms in total. The molecule has 1 amide bonds. The van der Waals surface area contributed by atoms with Crippen LogP contribution < -0.4 is 10.0 Å². The molecule has 2 N–H and O–H groups in total. The van der Waals surface area contributed by atoms with Gasteiger partial charge in [-0.05, 0) is 54.6 Å². The number of aromatic nitrogens is 2. The highest BCUT2D eigenvalue weighted by Gasteiger charge is 2.18. The maximum atomic E-state index is 12.4. The van der Waals surface area contributed by atoms with Gasteiger partial charge in [0.1, 0.15) is 0 Å². The van der Waals surface area contributed by atoms with Crippen LogP contribution in [0.5, 0.6) is 0 Å². The molecule has 0 radical (unpaired) electrons. The minimum atomic E-state index is -3.89. The summed E-state index contributed by atoms with van der Waals surface area (Å²) in [7, 11) is -4.64. The SMILES string of the molecule is CN(C)S(=O)(=O)c1ccc(C(=O)Nc2ccc(S(=O)(=O)Nc3ncccn3)cc2)cc1. The largest absolute Gasteiger partial charge is 0.322 e. The highest BCUT2D eigenvalue weighted by molar-refractivity contribution is 7.92. The molecular weight excluding hydrogens is 442 g/mol. The molecule has 162 valence electrons. The molecule has 0 aliphatic rings. The van der Waals surface area contributed by atoms with Gasteiger partial charge in [-0.15, -0.1) is 0 Å². The van der Waals surface area contributed by atoms with Crippen molar-refractivity contribution in [3.63, 3.8) is 0 Å². The van der Waals surface area contributed by atoms with Crippen LogP contribution >= 0.6 is 0 Å². The molecule has 12 heteroatoms. The van der Waals surface area contributed by atoms with Crippen molar-refractivity contribution >= 4 is 37.6 Å². The van der Waals surface area contributed by atoms with Crippen molar-refractivity contribution < 1.29 is 21.6 Å². The van der Waals surface area contributed by atoms with Crippen LogP contribution in [-0.2, 0) is 20.0 Å². The molecule has 0 spiro atoms. The number of hydrogen-bond donors (Lipinski definition) is 2. The lowest BCUT2D eigenvalue weighted by atomic mass is 10.2. The smallest absolute Gasteiger partial charge is 0.264 e. The Kier molecular flexibility index (Phi) is 6.34. The highest BCUT2D eigenvalue weighted by atomic mass is 32.2. The fourth-order valence-electron chi connectivity index (χ4n) is 2.44. The van der Waals surface area contributed by atoms with E-state index in [1.165, 1.54) is 75.0 Å². The van der Waals surface area contributed by atoms with Crippen molar-refractivity contribution in [2.75, 3.05) is 24.1 Å². The number of sulfonamides is 2. The van der Waals surface area contributed by atoms with E-state index in [1.807, 2.05) is 0 Å². The van der Waals surface area contributed by atoms with Crippen LogP contribution in [0, 0.1) is 0 Å². The molecule has 0 aliphatic heterocycles. The molecule has 1 aromatic heterocycles. The van der Waals surface area contributed by atoms with E-state index in [2.05, 4.69) is 20.0 Å². The highest BCUT2D eigenvalue weighted by Crippen LogP contribution is 2.18. The van der Waals surface area contributed by atoms with E-state index >= 15 is 0 Å².